The van der Waals surface area contributed by atoms with Crippen molar-refractivity contribution >= 4 is 29.4 Å². The molecule has 1 aromatic heterocycles. The van der Waals surface area contributed by atoms with Gasteiger partial charge in [0.25, 0.3) is 5.69 Å². The number of ether oxygens (including phenoxy) is 2. The number of hydrogen-bond donors (Lipinski definition) is 0. The summed E-state index contributed by atoms with van der Waals surface area (Å²) in [6.07, 6.45) is 8.91. The largest absolute Gasteiger partial charge is 0.468 e. The van der Waals surface area contributed by atoms with Crippen molar-refractivity contribution < 1.29 is 24.0 Å². The van der Waals surface area contributed by atoms with Crippen molar-refractivity contribution in [1.82, 2.24) is 9.55 Å². The summed E-state index contributed by atoms with van der Waals surface area (Å²) in [6.45, 7) is 3.93. The second-order valence-corrected chi connectivity index (χ2v) is 9.02. The van der Waals surface area contributed by atoms with Crippen molar-refractivity contribution in [2.45, 2.75) is 26.3 Å². The van der Waals surface area contributed by atoms with Gasteiger partial charge in [-0.1, -0.05) is 48.5 Å². The molecule has 0 saturated heterocycles. The van der Waals surface area contributed by atoms with E-state index >= 15 is 0 Å². The molecule has 0 bridgehead atoms. The van der Waals surface area contributed by atoms with E-state index in [4.69, 9.17) is 9.47 Å². The van der Waals surface area contributed by atoms with Gasteiger partial charge in [0.15, 0.2) is 0 Å². The van der Waals surface area contributed by atoms with Crippen LogP contribution in [0.4, 0.5) is 5.69 Å². The summed E-state index contributed by atoms with van der Waals surface area (Å²) in [4.78, 5) is 45.8. The van der Waals surface area contributed by atoms with E-state index in [9.17, 15) is 19.7 Å². The van der Waals surface area contributed by atoms with Crippen LogP contribution in [0.5, 0.6) is 0 Å². The maximum atomic E-state index is 13.3. The number of allylic oxidation sites excluding steroid dienone is 1. The Hall–Kier alpha value is -4.86. The summed E-state index contributed by atoms with van der Waals surface area (Å²) in [5.74, 6) is -3.36. The lowest BCUT2D eigenvalue weighted by Crippen LogP contribution is -2.36. The van der Waals surface area contributed by atoms with E-state index in [2.05, 4.69) is 9.98 Å². The van der Waals surface area contributed by atoms with Crippen molar-refractivity contribution in [2.24, 2.45) is 10.9 Å². The van der Waals surface area contributed by atoms with Crippen LogP contribution in [0.15, 0.2) is 89.6 Å². The molecule has 0 saturated carbocycles. The molecule has 0 aliphatic carbocycles. The molecular formula is C29H28N4O6. The molecule has 200 valence electrons. The van der Waals surface area contributed by atoms with E-state index in [1.165, 1.54) is 25.3 Å². The number of imidazole rings is 1. The number of nitro groups is 1. The highest BCUT2D eigenvalue weighted by Crippen LogP contribution is 2.43. The molecule has 0 radical (unpaired) electrons. The van der Waals surface area contributed by atoms with Crippen LogP contribution in [0.1, 0.15) is 36.5 Å². The number of rotatable bonds is 9. The molecule has 2 atom stereocenters. The number of carbonyl (C=O) groups excluding carboxylic acids is 2. The van der Waals surface area contributed by atoms with E-state index in [-0.39, 0.29) is 23.4 Å². The number of nitro benzene ring substituents is 1. The lowest BCUT2D eigenvalue weighted by atomic mass is 9.75. The van der Waals surface area contributed by atoms with E-state index in [1.54, 1.807) is 38.5 Å². The molecule has 1 aliphatic heterocycles. The SMILES string of the molecule is COC(=O)C1C(C)=NC(C)=C(C(=O)OCC=Cc2ccc(Cn3ccnc3)cc2)C1c1ccccc1[N+](=O)[O-]. The third-order valence-electron chi connectivity index (χ3n) is 6.50. The highest BCUT2D eigenvalue weighted by Gasteiger charge is 2.44. The third-order valence-corrected chi connectivity index (χ3v) is 6.50. The standard InChI is InChI=1S/C29H28N4O6/c1-19-25(28(34)38-3)27(23-8-4-5-9-24(23)33(36)37)26(20(2)31-19)29(35)39-16-6-7-21-10-12-22(13-11-21)17-32-15-14-30-18-32/h4-15,18,25,27H,16-17H2,1-3H3. The number of carbonyl (C=O) groups is 2. The van der Waals surface area contributed by atoms with Crippen LogP contribution >= 0.6 is 0 Å². The van der Waals surface area contributed by atoms with Gasteiger partial charge in [-0.15, -0.1) is 0 Å². The Labute approximate surface area is 225 Å². The van der Waals surface area contributed by atoms with Crippen LogP contribution in [-0.4, -0.2) is 45.8 Å². The highest BCUT2D eigenvalue weighted by atomic mass is 16.6. The third kappa shape index (κ3) is 6.18. The summed E-state index contributed by atoms with van der Waals surface area (Å²) < 4.78 is 12.5. The highest BCUT2D eigenvalue weighted by molar-refractivity contribution is 6.07. The Kier molecular flexibility index (Phi) is 8.45. The Morgan fingerprint density at radius 3 is 2.54 bits per heavy atom. The molecule has 10 nitrogen and oxygen atoms in total. The normalized spacial score (nSPS) is 17.2. The number of nitrogens with zero attached hydrogens (tertiary/aromatic N) is 4. The van der Waals surface area contributed by atoms with Gasteiger partial charge in [0, 0.05) is 47.9 Å². The van der Waals surface area contributed by atoms with Gasteiger partial charge in [-0.05, 0) is 31.1 Å². The van der Waals surface area contributed by atoms with Gasteiger partial charge in [0.05, 0.1) is 23.9 Å². The predicted molar refractivity (Wildman–Crippen MR) is 145 cm³/mol. The molecule has 39 heavy (non-hydrogen) atoms. The summed E-state index contributed by atoms with van der Waals surface area (Å²) >= 11 is 0. The Morgan fingerprint density at radius 1 is 1.13 bits per heavy atom. The fourth-order valence-corrected chi connectivity index (χ4v) is 4.70. The number of hydrogen-bond acceptors (Lipinski definition) is 8. The molecule has 10 heteroatoms. The maximum Gasteiger partial charge on any atom is 0.336 e. The van der Waals surface area contributed by atoms with Gasteiger partial charge in [-0.3, -0.25) is 19.9 Å². The Bertz CT molecular complexity index is 1460. The molecule has 4 rings (SSSR count). The first-order chi connectivity index (χ1) is 18.8. The smallest absolute Gasteiger partial charge is 0.336 e. The Morgan fingerprint density at radius 2 is 1.87 bits per heavy atom. The lowest BCUT2D eigenvalue weighted by molar-refractivity contribution is -0.385. The van der Waals surface area contributed by atoms with E-state index < -0.39 is 28.7 Å². The number of benzene rings is 2. The molecular weight excluding hydrogens is 500 g/mol. The van der Waals surface area contributed by atoms with Crippen LogP contribution in [0.3, 0.4) is 0 Å². The van der Waals surface area contributed by atoms with Gasteiger partial charge in [0.1, 0.15) is 12.5 Å². The van der Waals surface area contributed by atoms with E-state index in [0.29, 0.717) is 18.0 Å². The number of aliphatic imine (C=N–C) groups is 1. The monoisotopic (exact) mass is 528 g/mol. The number of methoxy groups -OCH3 is 1. The van der Waals surface area contributed by atoms with Crippen LogP contribution in [-0.2, 0) is 25.6 Å². The minimum absolute atomic E-state index is 0.0401. The van der Waals surface area contributed by atoms with Crippen LogP contribution in [0.25, 0.3) is 6.08 Å². The first kappa shape index (κ1) is 27.2. The zero-order valence-electron chi connectivity index (χ0n) is 21.8. The zero-order valence-corrected chi connectivity index (χ0v) is 21.8. The summed E-state index contributed by atoms with van der Waals surface area (Å²) in [6, 6.07) is 14.0. The zero-order chi connectivity index (χ0) is 27.9. The predicted octanol–water partition coefficient (Wildman–Crippen LogP) is 4.72. The van der Waals surface area contributed by atoms with Crippen LogP contribution in [0.2, 0.25) is 0 Å². The fraction of sp³-hybridized carbons (Fsp3) is 0.241. The summed E-state index contributed by atoms with van der Waals surface area (Å²) in [7, 11) is 1.23. The molecule has 2 heterocycles. The van der Waals surface area contributed by atoms with Gasteiger partial charge >= 0.3 is 11.9 Å². The molecule has 0 N–H and O–H groups in total. The molecule has 1 aliphatic rings. The average Bonchev–Trinajstić information content (AvgIpc) is 3.44. The number of para-hydroxylation sites is 1. The average molecular weight is 529 g/mol. The molecule has 0 amide bonds. The summed E-state index contributed by atoms with van der Waals surface area (Å²) in [5, 5.41) is 11.8. The molecule has 0 spiro atoms. The van der Waals surface area contributed by atoms with Gasteiger partial charge in [-0.25, -0.2) is 9.78 Å². The quantitative estimate of drug-likeness (QED) is 0.223. The van der Waals surface area contributed by atoms with Crippen LogP contribution < -0.4 is 0 Å². The van der Waals surface area contributed by atoms with Crippen LogP contribution in [0, 0.1) is 16.0 Å². The van der Waals surface area contributed by atoms with Gasteiger partial charge in [-0.2, -0.15) is 0 Å². The van der Waals surface area contributed by atoms with Crippen molar-refractivity contribution in [3.8, 4) is 0 Å². The van der Waals surface area contributed by atoms with E-state index in [1.807, 2.05) is 41.1 Å². The first-order valence-electron chi connectivity index (χ1n) is 12.3. The molecule has 0 fully saturated rings. The maximum absolute atomic E-state index is 13.3. The first-order valence-corrected chi connectivity index (χ1v) is 12.3. The van der Waals surface area contributed by atoms with Crippen molar-refractivity contribution in [3.63, 3.8) is 0 Å². The molecule has 2 unspecified atom stereocenters. The topological polar surface area (TPSA) is 126 Å². The second-order valence-electron chi connectivity index (χ2n) is 9.02. The number of esters is 2. The van der Waals surface area contributed by atoms with Crippen molar-refractivity contribution in [1.29, 1.82) is 0 Å². The van der Waals surface area contributed by atoms with Gasteiger partial charge < -0.3 is 14.0 Å². The number of aromatic nitrogens is 2. The lowest BCUT2D eigenvalue weighted by Gasteiger charge is -2.30. The minimum atomic E-state index is -1.02. The molecule has 3 aromatic rings. The van der Waals surface area contributed by atoms with Crippen molar-refractivity contribution in [2.75, 3.05) is 13.7 Å². The van der Waals surface area contributed by atoms with E-state index in [0.717, 1.165) is 11.1 Å². The Balaban J connectivity index is 1.53. The fourth-order valence-electron chi connectivity index (χ4n) is 4.70. The van der Waals surface area contributed by atoms with Crippen molar-refractivity contribution in [3.05, 3.63) is 111 Å². The summed E-state index contributed by atoms with van der Waals surface area (Å²) in [5.41, 5.74) is 2.87. The minimum Gasteiger partial charge on any atom is -0.468 e. The second kappa shape index (κ2) is 12.1. The van der Waals surface area contributed by atoms with Gasteiger partial charge in [0.2, 0.25) is 0 Å². The molecule has 2 aromatic carbocycles.